The zero-order chi connectivity index (χ0) is 33.8. The summed E-state index contributed by atoms with van der Waals surface area (Å²) in [7, 11) is 0. The average Bonchev–Trinajstić information content (AvgIpc) is 3.10. The number of para-hydroxylation sites is 1. The Morgan fingerprint density at radius 2 is 1.56 bits per heavy atom. The highest BCUT2D eigenvalue weighted by atomic mass is 35.5. The van der Waals surface area contributed by atoms with Gasteiger partial charge in [0, 0.05) is 43.2 Å². The molecule has 6 nitrogen and oxygen atoms in total. The second kappa shape index (κ2) is 14.8. The lowest BCUT2D eigenvalue weighted by Gasteiger charge is -2.40. The Morgan fingerprint density at radius 3 is 2.25 bits per heavy atom. The fourth-order valence-electron chi connectivity index (χ4n) is 6.62. The summed E-state index contributed by atoms with van der Waals surface area (Å²) in [6.07, 6.45) is 1.98. The highest BCUT2D eigenvalue weighted by molar-refractivity contribution is 6.30. The number of fused-ring (bicyclic) bond motifs is 1. The molecular weight excluding hydrogens is 630 g/mol. The normalized spacial score (nSPS) is 14.1. The van der Waals surface area contributed by atoms with Gasteiger partial charge < -0.3 is 14.4 Å². The number of carbonyl (C=O) groups is 1. The summed E-state index contributed by atoms with van der Waals surface area (Å²) in [6, 6.07) is 27.6. The van der Waals surface area contributed by atoms with Crippen LogP contribution in [0.1, 0.15) is 43.6 Å². The van der Waals surface area contributed by atoms with Crippen molar-refractivity contribution in [3.63, 3.8) is 0 Å². The Morgan fingerprint density at radius 1 is 0.896 bits per heavy atom. The van der Waals surface area contributed by atoms with E-state index in [1.807, 2.05) is 35.2 Å². The van der Waals surface area contributed by atoms with Crippen LogP contribution in [0, 0.1) is 11.6 Å². The predicted molar refractivity (Wildman–Crippen MR) is 187 cm³/mol. The highest BCUT2D eigenvalue weighted by Crippen LogP contribution is 2.26. The van der Waals surface area contributed by atoms with E-state index in [0.717, 1.165) is 48.7 Å². The van der Waals surface area contributed by atoms with Crippen LogP contribution >= 0.6 is 11.6 Å². The van der Waals surface area contributed by atoms with Crippen LogP contribution in [0.3, 0.4) is 0 Å². The molecule has 0 aliphatic carbocycles. The second-order valence-electron chi connectivity index (χ2n) is 12.7. The molecule has 0 saturated carbocycles. The molecule has 2 heterocycles. The van der Waals surface area contributed by atoms with Crippen molar-refractivity contribution in [1.29, 1.82) is 0 Å². The van der Waals surface area contributed by atoms with Gasteiger partial charge in [-0.2, -0.15) is 4.98 Å². The van der Waals surface area contributed by atoms with Crippen LogP contribution in [0.5, 0.6) is 0 Å². The predicted octanol–water partition coefficient (Wildman–Crippen LogP) is 7.68. The molecule has 0 N–H and O–H groups in total. The lowest BCUT2D eigenvalue weighted by atomic mass is 10.00. The number of piperidine rings is 1. The molecule has 48 heavy (non-hydrogen) atoms. The standard InChI is InChI=1S/C39H39ClF2N4O2/c1-26(2)44-22-20-32(21-23-44)45(24-27-10-12-28(13-11-27)29-14-17-31(40)18-15-29)37(47)25-46-35-9-4-3-7-33(35)39(48)43-36(46)19-16-30-6-5-8-34(41)38(30)42/h3-15,17-18,26,32H,16,19-25H2,1-2H3. The number of halogens is 3. The number of hydrogen-bond acceptors (Lipinski definition) is 4. The molecule has 1 saturated heterocycles. The minimum absolute atomic E-state index is 0.0342. The van der Waals surface area contributed by atoms with Gasteiger partial charge in [0.2, 0.25) is 5.91 Å². The zero-order valence-corrected chi connectivity index (χ0v) is 28.0. The van der Waals surface area contributed by atoms with Crippen molar-refractivity contribution >= 4 is 28.4 Å². The first-order valence-electron chi connectivity index (χ1n) is 16.5. The van der Waals surface area contributed by atoms with Crippen LogP contribution in [-0.2, 0) is 30.7 Å². The third-order valence-electron chi connectivity index (χ3n) is 9.39. The molecule has 1 aliphatic heterocycles. The SMILES string of the molecule is CC(C)N1CCC(N(Cc2ccc(-c3ccc(Cl)cc3)cc2)C(=O)Cn2c(CCc3cccc(F)c3F)nc(=O)c3ccccc32)CC1. The molecule has 0 spiro atoms. The van der Waals surface area contributed by atoms with Gasteiger partial charge in [0.1, 0.15) is 12.4 Å². The third kappa shape index (κ3) is 7.50. The Balaban J connectivity index is 1.31. The quantitative estimate of drug-likeness (QED) is 0.153. The molecule has 248 valence electrons. The van der Waals surface area contributed by atoms with E-state index >= 15 is 0 Å². The van der Waals surface area contributed by atoms with Gasteiger partial charge in [-0.05, 0) is 85.7 Å². The molecule has 0 radical (unpaired) electrons. The summed E-state index contributed by atoms with van der Waals surface area (Å²) >= 11 is 6.09. The summed E-state index contributed by atoms with van der Waals surface area (Å²) in [4.78, 5) is 36.3. The molecule has 1 aliphatic rings. The summed E-state index contributed by atoms with van der Waals surface area (Å²) in [6.45, 7) is 6.57. The number of amides is 1. The van der Waals surface area contributed by atoms with Crippen molar-refractivity contribution < 1.29 is 13.6 Å². The lowest BCUT2D eigenvalue weighted by molar-refractivity contribution is -0.136. The molecule has 4 aromatic carbocycles. The maximum absolute atomic E-state index is 14.5. The zero-order valence-electron chi connectivity index (χ0n) is 27.2. The minimum atomic E-state index is -0.924. The van der Waals surface area contributed by atoms with E-state index in [1.165, 1.54) is 12.1 Å². The van der Waals surface area contributed by atoms with E-state index < -0.39 is 17.2 Å². The largest absolute Gasteiger partial charge is 0.334 e. The van der Waals surface area contributed by atoms with Gasteiger partial charge in [-0.25, -0.2) is 8.78 Å². The van der Waals surface area contributed by atoms with Crippen molar-refractivity contribution in [3.8, 4) is 11.1 Å². The second-order valence-corrected chi connectivity index (χ2v) is 13.2. The monoisotopic (exact) mass is 668 g/mol. The van der Waals surface area contributed by atoms with Crippen LogP contribution in [0.2, 0.25) is 5.02 Å². The lowest BCUT2D eigenvalue weighted by Crippen LogP contribution is -2.49. The fraction of sp³-hybridized carbons (Fsp3) is 0.308. The average molecular weight is 669 g/mol. The topological polar surface area (TPSA) is 58.4 Å². The maximum atomic E-state index is 14.5. The van der Waals surface area contributed by atoms with Gasteiger partial charge in [-0.3, -0.25) is 9.59 Å². The fourth-order valence-corrected chi connectivity index (χ4v) is 6.75. The van der Waals surface area contributed by atoms with Gasteiger partial charge in [0.25, 0.3) is 5.56 Å². The third-order valence-corrected chi connectivity index (χ3v) is 9.64. The first-order valence-corrected chi connectivity index (χ1v) is 16.9. The van der Waals surface area contributed by atoms with Crippen molar-refractivity contribution in [2.24, 2.45) is 0 Å². The van der Waals surface area contributed by atoms with Crippen molar-refractivity contribution in [2.45, 2.75) is 64.7 Å². The van der Waals surface area contributed by atoms with E-state index in [-0.39, 0.29) is 36.9 Å². The van der Waals surface area contributed by atoms with Crippen LogP contribution in [0.15, 0.2) is 95.8 Å². The number of aryl methyl sites for hydroxylation is 2. The van der Waals surface area contributed by atoms with Gasteiger partial charge >= 0.3 is 0 Å². The minimum Gasteiger partial charge on any atom is -0.334 e. The molecule has 1 aromatic heterocycles. The summed E-state index contributed by atoms with van der Waals surface area (Å²) in [5.41, 5.74) is 3.49. The Bertz CT molecular complexity index is 1950. The first kappa shape index (κ1) is 33.5. The van der Waals surface area contributed by atoms with Crippen LogP contribution < -0.4 is 5.56 Å². The Hall–Kier alpha value is -4.40. The summed E-state index contributed by atoms with van der Waals surface area (Å²) in [5.74, 6) is -1.57. The molecule has 9 heteroatoms. The molecule has 6 rings (SSSR count). The van der Waals surface area contributed by atoms with E-state index in [9.17, 15) is 18.4 Å². The molecule has 0 bridgehead atoms. The number of hydrogen-bond donors (Lipinski definition) is 0. The maximum Gasteiger partial charge on any atom is 0.280 e. The smallest absolute Gasteiger partial charge is 0.280 e. The summed E-state index contributed by atoms with van der Waals surface area (Å²) < 4.78 is 30.3. The molecule has 0 atom stereocenters. The highest BCUT2D eigenvalue weighted by Gasteiger charge is 2.30. The van der Waals surface area contributed by atoms with Crippen LogP contribution in [-0.4, -0.2) is 50.4 Å². The van der Waals surface area contributed by atoms with Gasteiger partial charge in [0.15, 0.2) is 11.6 Å². The van der Waals surface area contributed by atoms with E-state index in [0.29, 0.717) is 34.3 Å². The van der Waals surface area contributed by atoms with E-state index in [2.05, 4.69) is 48.0 Å². The molecule has 1 amide bonds. The Labute approximate surface area is 284 Å². The molecule has 0 unspecified atom stereocenters. The van der Waals surface area contributed by atoms with Crippen molar-refractivity contribution in [2.75, 3.05) is 13.1 Å². The number of nitrogens with zero attached hydrogens (tertiary/aromatic N) is 4. The number of likely N-dealkylation sites (tertiary alicyclic amines) is 1. The molecule has 1 fully saturated rings. The number of benzene rings is 4. The van der Waals surface area contributed by atoms with Crippen molar-refractivity contribution in [1.82, 2.24) is 19.4 Å². The molecular formula is C39H39ClF2N4O2. The van der Waals surface area contributed by atoms with Gasteiger partial charge in [0.05, 0.1) is 10.9 Å². The van der Waals surface area contributed by atoms with E-state index in [1.54, 1.807) is 22.8 Å². The van der Waals surface area contributed by atoms with Gasteiger partial charge in [-0.1, -0.05) is 72.3 Å². The Kier molecular flexibility index (Phi) is 10.3. The van der Waals surface area contributed by atoms with Crippen LogP contribution in [0.25, 0.3) is 22.0 Å². The molecule has 5 aromatic rings. The number of carbonyl (C=O) groups excluding carboxylic acids is 1. The van der Waals surface area contributed by atoms with E-state index in [4.69, 9.17) is 11.6 Å². The van der Waals surface area contributed by atoms with Crippen molar-refractivity contribution in [3.05, 3.63) is 135 Å². The summed E-state index contributed by atoms with van der Waals surface area (Å²) in [5, 5.41) is 1.09. The number of rotatable bonds is 10. The number of aromatic nitrogens is 2. The van der Waals surface area contributed by atoms with Gasteiger partial charge in [-0.15, -0.1) is 0 Å². The van der Waals surface area contributed by atoms with Crippen LogP contribution in [0.4, 0.5) is 8.78 Å². The first-order chi connectivity index (χ1) is 23.2.